The van der Waals surface area contributed by atoms with Gasteiger partial charge in [-0.3, -0.25) is 10.1 Å². The highest BCUT2D eigenvalue weighted by atomic mass is 16.3. The number of allylic oxidation sites excluding steroid dienone is 9. The Morgan fingerprint density at radius 3 is 2.55 bits per heavy atom. The van der Waals surface area contributed by atoms with Crippen molar-refractivity contribution in [3.63, 3.8) is 0 Å². The Labute approximate surface area is 358 Å². The topological polar surface area (TPSA) is 142 Å². The van der Waals surface area contributed by atoms with Gasteiger partial charge in [-0.25, -0.2) is 0 Å². The lowest BCUT2D eigenvalue weighted by Crippen LogP contribution is -2.65. The predicted molar refractivity (Wildman–Crippen MR) is 241 cm³/mol. The van der Waals surface area contributed by atoms with Crippen molar-refractivity contribution < 1.29 is 30.3 Å². The number of carbonyl (C=O) groups excluding carboxylic acids is 1. The number of aliphatic hydroxyl groups excluding tert-OH is 4. The first kappa shape index (κ1) is 45.8. The van der Waals surface area contributed by atoms with Crippen molar-refractivity contribution in [2.24, 2.45) is 35.0 Å². The highest BCUT2D eigenvalue weighted by Gasteiger charge is 2.68. The maximum atomic E-state index is 12.9. The Balaban J connectivity index is 1.35. The second-order valence-corrected chi connectivity index (χ2v) is 18.3. The molecule has 0 radical (unpaired) electrons. The van der Waals surface area contributed by atoms with Crippen molar-refractivity contribution in [3.8, 4) is 0 Å². The summed E-state index contributed by atoms with van der Waals surface area (Å²) >= 11 is 0. The molecule has 2 saturated carbocycles. The predicted octanol–water partition coefficient (Wildman–Crippen LogP) is 7.06. The Kier molecular flexibility index (Phi) is 15.6. The number of aliphatic hydroxyl groups is 5. The van der Waals surface area contributed by atoms with Crippen LogP contribution >= 0.6 is 0 Å². The molecule has 1 aliphatic heterocycles. The third-order valence-corrected chi connectivity index (χ3v) is 14.7. The smallest absolute Gasteiger partial charge is 0.145 e. The number of fused-ring (bicyclic) bond motifs is 5. The van der Waals surface area contributed by atoms with Crippen molar-refractivity contribution in [1.29, 1.82) is 0 Å². The molecule has 8 heteroatoms. The molecule has 2 aromatic rings. The zero-order valence-corrected chi connectivity index (χ0v) is 36.3. The number of nitrogens with one attached hydrogen (secondary N) is 2. The molecule has 324 valence electrons. The number of aryl methyl sites for hydroxylation is 1. The van der Waals surface area contributed by atoms with Crippen LogP contribution in [0, 0.1) is 35.0 Å². The number of rotatable bonds is 14. The van der Waals surface area contributed by atoms with E-state index in [1.807, 2.05) is 45.2 Å². The SMILES string of the molecule is C=C(/C=C/C=C(/CO)[C@@H]1CC[C@]2([C@@H]1O)[C@@H]1C(=C(C)C=O)[C@@H](C=C[C@H]1CCO)C[C@]2(O)CCNC)[C@H]1C/C=C(\C)[C@@H](O)N[C@@H](C)Cc2cccc(c2)[C@@H]1CCc1ccccc1. The van der Waals surface area contributed by atoms with Gasteiger partial charge in [0.25, 0.3) is 0 Å². The monoisotopic (exact) mass is 819 g/mol. The van der Waals surface area contributed by atoms with Gasteiger partial charge in [-0.15, -0.1) is 0 Å². The van der Waals surface area contributed by atoms with Gasteiger partial charge < -0.3 is 30.8 Å². The molecule has 2 fully saturated rings. The standard InChI is InChI=1S/C52H70N2O6/c1-34(44-21-17-35(2)50(59)54-37(4)29-39-14-10-15-41(30-39)45(44)22-18-38-12-7-6-8-13-38)11-9-16-43(33-57)46-23-25-52(49(46)58)48-40(24-28-55)19-20-42(47(48)36(3)32-56)31-51(52,60)26-27-53-5/h6-17,19-20,30,32,37,40,42,44-46,48-50,53-55,57-60H,1,18,21-29,31,33H2,2-5H3/b11-9+,35-17+,43-16-,47-36?/t37-,40-,42-,44+,45-,46-,48-,49+,50+,51+,52+/m0/s1. The lowest BCUT2D eigenvalue weighted by molar-refractivity contribution is -0.194. The molecule has 8 nitrogen and oxygen atoms in total. The maximum absolute atomic E-state index is 12.9. The lowest BCUT2D eigenvalue weighted by Gasteiger charge is -2.61. The number of hydrogen-bond donors (Lipinski definition) is 7. The Bertz CT molecular complexity index is 1950. The zero-order valence-electron chi connectivity index (χ0n) is 36.3. The van der Waals surface area contributed by atoms with Gasteiger partial charge in [-0.05, 0) is 149 Å². The largest absolute Gasteiger partial charge is 0.396 e. The van der Waals surface area contributed by atoms with Gasteiger partial charge in [-0.2, -0.15) is 0 Å². The van der Waals surface area contributed by atoms with Crippen molar-refractivity contribution in [2.45, 2.75) is 108 Å². The summed E-state index contributed by atoms with van der Waals surface area (Å²) in [5.74, 6) is -0.896. The van der Waals surface area contributed by atoms with E-state index >= 15 is 0 Å². The van der Waals surface area contributed by atoms with Gasteiger partial charge in [0.05, 0.1) is 18.3 Å². The molecule has 2 aromatic carbocycles. The number of aldehydes is 1. The van der Waals surface area contributed by atoms with Crippen LogP contribution in [0.2, 0.25) is 0 Å². The van der Waals surface area contributed by atoms with Gasteiger partial charge in [0.1, 0.15) is 12.5 Å². The summed E-state index contributed by atoms with van der Waals surface area (Å²) in [6, 6.07) is 19.5. The molecule has 1 heterocycles. The van der Waals surface area contributed by atoms with Crippen LogP contribution in [0.25, 0.3) is 0 Å². The summed E-state index contributed by atoms with van der Waals surface area (Å²) in [5, 5.41) is 64.4. The van der Waals surface area contributed by atoms with E-state index in [1.165, 1.54) is 16.7 Å². The van der Waals surface area contributed by atoms with Gasteiger partial charge in [0.2, 0.25) is 0 Å². The summed E-state index contributed by atoms with van der Waals surface area (Å²) in [6.45, 7) is 10.8. The van der Waals surface area contributed by atoms with E-state index in [-0.39, 0.29) is 48.8 Å². The Morgan fingerprint density at radius 2 is 1.83 bits per heavy atom. The van der Waals surface area contributed by atoms with Crippen molar-refractivity contribution in [2.75, 3.05) is 26.8 Å². The number of hydrogen-bond acceptors (Lipinski definition) is 8. The summed E-state index contributed by atoms with van der Waals surface area (Å²) in [4.78, 5) is 12.4. The average molecular weight is 819 g/mol. The second-order valence-electron chi connectivity index (χ2n) is 18.3. The van der Waals surface area contributed by atoms with Gasteiger partial charge >= 0.3 is 0 Å². The van der Waals surface area contributed by atoms with E-state index in [0.717, 1.165) is 42.3 Å². The Morgan fingerprint density at radius 1 is 1.05 bits per heavy atom. The molecule has 0 aromatic heterocycles. The quantitative estimate of drug-likeness (QED) is 0.0466. The van der Waals surface area contributed by atoms with Crippen LogP contribution in [-0.2, 0) is 17.6 Å². The molecule has 4 aliphatic rings. The summed E-state index contributed by atoms with van der Waals surface area (Å²) < 4.78 is 0. The van der Waals surface area contributed by atoms with Crippen molar-refractivity contribution in [1.82, 2.24) is 10.6 Å². The van der Waals surface area contributed by atoms with Crippen molar-refractivity contribution in [3.05, 3.63) is 142 Å². The average Bonchev–Trinajstić information content (AvgIpc) is 3.59. The fourth-order valence-corrected chi connectivity index (χ4v) is 11.7. The summed E-state index contributed by atoms with van der Waals surface area (Å²) in [6.07, 6.45) is 17.1. The van der Waals surface area contributed by atoms with Crippen LogP contribution < -0.4 is 10.6 Å². The molecule has 60 heavy (non-hydrogen) atoms. The molecule has 1 spiro atoms. The first-order chi connectivity index (χ1) is 28.9. The lowest BCUT2D eigenvalue weighted by atomic mass is 9.45. The molecule has 7 N–H and O–H groups in total. The van der Waals surface area contributed by atoms with Crippen LogP contribution in [-0.4, -0.2) is 82.6 Å². The first-order valence-corrected chi connectivity index (χ1v) is 22.3. The molecule has 3 aliphatic carbocycles. The van der Waals surface area contributed by atoms with E-state index < -0.39 is 29.3 Å². The van der Waals surface area contributed by atoms with Crippen LogP contribution in [0.1, 0.15) is 88.3 Å². The van der Waals surface area contributed by atoms with Crippen LogP contribution in [0.15, 0.2) is 125 Å². The highest BCUT2D eigenvalue weighted by molar-refractivity contribution is 5.74. The first-order valence-electron chi connectivity index (χ1n) is 22.3. The van der Waals surface area contributed by atoms with E-state index in [9.17, 15) is 30.3 Å². The molecule has 6 rings (SSSR count). The van der Waals surface area contributed by atoms with Gasteiger partial charge in [-0.1, -0.05) is 109 Å². The molecule has 0 saturated heterocycles. The second kappa shape index (κ2) is 20.4. The molecular formula is C52H70N2O6. The third-order valence-electron chi connectivity index (χ3n) is 14.7. The fraction of sp³-hybridized carbons (Fsp3) is 0.519. The zero-order chi connectivity index (χ0) is 43.0. The van der Waals surface area contributed by atoms with Crippen LogP contribution in [0.5, 0.6) is 0 Å². The van der Waals surface area contributed by atoms with Gasteiger partial charge in [0.15, 0.2) is 0 Å². The molecule has 11 atom stereocenters. The minimum absolute atomic E-state index is 0.0111. The molecular weight excluding hydrogens is 749 g/mol. The van der Waals surface area contributed by atoms with E-state index in [0.29, 0.717) is 56.2 Å². The van der Waals surface area contributed by atoms with E-state index in [4.69, 9.17) is 0 Å². The van der Waals surface area contributed by atoms with Crippen LogP contribution in [0.4, 0.5) is 0 Å². The van der Waals surface area contributed by atoms with Crippen LogP contribution in [0.3, 0.4) is 0 Å². The summed E-state index contributed by atoms with van der Waals surface area (Å²) in [5.41, 5.74) is 5.63. The van der Waals surface area contributed by atoms with Gasteiger partial charge in [0, 0.05) is 29.9 Å². The Hall–Kier alpha value is -3.73. The number of benzene rings is 2. The highest BCUT2D eigenvalue weighted by Crippen LogP contribution is 2.67. The summed E-state index contributed by atoms with van der Waals surface area (Å²) in [7, 11) is 1.86. The minimum Gasteiger partial charge on any atom is -0.396 e. The third kappa shape index (κ3) is 9.51. The maximum Gasteiger partial charge on any atom is 0.145 e. The van der Waals surface area contributed by atoms with Crippen molar-refractivity contribution >= 4 is 6.29 Å². The van der Waals surface area contributed by atoms with E-state index in [2.05, 4.69) is 90.9 Å². The number of carbonyl (C=O) groups is 1. The molecule has 4 bridgehead atoms. The normalized spacial score (nSPS) is 35.1. The van der Waals surface area contributed by atoms with E-state index in [1.54, 1.807) is 0 Å². The minimum atomic E-state index is -1.25. The molecule has 0 unspecified atom stereocenters. The molecule has 0 amide bonds. The fourth-order valence-electron chi connectivity index (χ4n) is 11.7.